The Morgan fingerprint density at radius 2 is 1.74 bits per heavy atom. The molecule has 1 aromatic carbocycles. The van der Waals surface area contributed by atoms with Gasteiger partial charge in [0.15, 0.2) is 0 Å². The van der Waals surface area contributed by atoms with Crippen LogP contribution in [0.15, 0.2) is 24.3 Å². The molecular weight excluding hydrogens is 316 g/mol. The van der Waals surface area contributed by atoms with Crippen molar-refractivity contribution in [3.63, 3.8) is 0 Å². The molecular formula is C16H23ClN4O2. The quantitative estimate of drug-likeness (QED) is 0.622. The summed E-state index contributed by atoms with van der Waals surface area (Å²) in [5.74, 6) is -1.27. The number of nitrogens with zero attached hydrogens (tertiary/aromatic N) is 2. The minimum atomic E-state index is -0.660. The van der Waals surface area contributed by atoms with Crippen molar-refractivity contribution < 1.29 is 9.59 Å². The molecule has 126 valence electrons. The molecule has 23 heavy (non-hydrogen) atoms. The molecule has 1 saturated heterocycles. The molecule has 1 aromatic rings. The molecule has 0 aliphatic carbocycles. The van der Waals surface area contributed by atoms with E-state index in [1.807, 2.05) is 0 Å². The second-order valence-electron chi connectivity index (χ2n) is 5.72. The molecule has 2 N–H and O–H groups in total. The molecule has 0 spiro atoms. The Morgan fingerprint density at radius 3 is 2.39 bits per heavy atom. The first-order valence-corrected chi connectivity index (χ1v) is 8.18. The molecule has 7 heteroatoms. The van der Waals surface area contributed by atoms with Crippen LogP contribution in [-0.4, -0.2) is 67.9 Å². The van der Waals surface area contributed by atoms with Gasteiger partial charge in [-0.15, -0.1) is 0 Å². The van der Waals surface area contributed by atoms with Crippen molar-refractivity contribution in [2.24, 2.45) is 0 Å². The van der Waals surface area contributed by atoms with Crippen molar-refractivity contribution in [2.45, 2.75) is 6.42 Å². The number of rotatable bonds is 5. The van der Waals surface area contributed by atoms with Crippen LogP contribution < -0.4 is 10.6 Å². The number of carbonyl (C=O) groups excluding carboxylic acids is 2. The standard InChI is InChI=1S/C16H23ClN4O2/c1-20-9-11-21(12-10-20)8-2-7-18-15(22)16(23)19-14-5-3-13(17)4-6-14/h3-6H,2,7-12H2,1H3,(H,18,22)(H,19,23). The predicted molar refractivity (Wildman–Crippen MR) is 91.6 cm³/mol. The number of hydrogen-bond acceptors (Lipinski definition) is 4. The van der Waals surface area contributed by atoms with Crippen LogP contribution in [0.5, 0.6) is 0 Å². The number of carbonyl (C=O) groups is 2. The Morgan fingerprint density at radius 1 is 1.09 bits per heavy atom. The zero-order valence-electron chi connectivity index (χ0n) is 13.3. The Balaban J connectivity index is 1.62. The lowest BCUT2D eigenvalue weighted by Gasteiger charge is -2.32. The summed E-state index contributed by atoms with van der Waals surface area (Å²) in [6, 6.07) is 6.62. The highest BCUT2D eigenvalue weighted by Crippen LogP contribution is 2.13. The van der Waals surface area contributed by atoms with Gasteiger partial charge in [-0.2, -0.15) is 0 Å². The van der Waals surface area contributed by atoms with E-state index in [1.54, 1.807) is 24.3 Å². The zero-order chi connectivity index (χ0) is 16.7. The summed E-state index contributed by atoms with van der Waals surface area (Å²) < 4.78 is 0. The maximum atomic E-state index is 11.8. The fraction of sp³-hybridized carbons (Fsp3) is 0.500. The first-order chi connectivity index (χ1) is 11.0. The molecule has 0 saturated carbocycles. The normalized spacial score (nSPS) is 16.1. The van der Waals surface area contributed by atoms with Gasteiger partial charge in [-0.1, -0.05) is 11.6 Å². The van der Waals surface area contributed by atoms with Crippen molar-refractivity contribution in [3.05, 3.63) is 29.3 Å². The highest BCUT2D eigenvalue weighted by Gasteiger charge is 2.15. The van der Waals surface area contributed by atoms with E-state index in [4.69, 9.17) is 11.6 Å². The first-order valence-electron chi connectivity index (χ1n) is 7.80. The number of nitrogens with one attached hydrogen (secondary N) is 2. The van der Waals surface area contributed by atoms with Crippen molar-refractivity contribution in [2.75, 3.05) is 51.6 Å². The molecule has 2 rings (SSSR count). The first kappa shape index (κ1) is 17.7. The molecule has 1 fully saturated rings. The van der Waals surface area contributed by atoms with Crippen molar-refractivity contribution in [3.8, 4) is 0 Å². The van der Waals surface area contributed by atoms with Crippen LogP contribution >= 0.6 is 11.6 Å². The fourth-order valence-electron chi connectivity index (χ4n) is 2.38. The van der Waals surface area contributed by atoms with Gasteiger partial charge < -0.3 is 20.4 Å². The van der Waals surface area contributed by atoms with E-state index in [0.717, 1.165) is 39.1 Å². The third kappa shape index (κ3) is 6.17. The van der Waals surface area contributed by atoms with Gasteiger partial charge in [0.1, 0.15) is 0 Å². The van der Waals surface area contributed by atoms with Gasteiger partial charge >= 0.3 is 11.8 Å². The maximum absolute atomic E-state index is 11.8. The number of likely N-dealkylation sites (N-methyl/N-ethyl adjacent to an activating group) is 1. The van der Waals surface area contributed by atoms with Crippen LogP contribution in [0.25, 0.3) is 0 Å². The summed E-state index contributed by atoms with van der Waals surface area (Å²) in [4.78, 5) is 28.2. The monoisotopic (exact) mass is 338 g/mol. The molecule has 0 aromatic heterocycles. The molecule has 0 bridgehead atoms. The van der Waals surface area contributed by atoms with Crippen LogP contribution in [0.4, 0.5) is 5.69 Å². The largest absolute Gasteiger partial charge is 0.348 e. The molecule has 1 aliphatic rings. The van der Waals surface area contributed by atoms with Crippen LogP contribution in [-0.2, 0) is 9.59 Å². The van der Waals surface area contributed by atoms with Crippen LogP contribution in [0, 0.1) is 0 Å². The van der Waals surface area contributed by atoms with E-state index >= 15 is 0 Å². The lowest BCUT2D eigenvalue weighted by atomic mass is 10.3. The van der Waals surface area contributed by atoms with Gasteiger partial charge in [0.25, 0.3) is 0 Å². The Hall–Kier alpha value is -1.63. The van der Waals surface area contributed by atoms with E-state index in [-0.39, 0.29) is 0 Å². The van der Waals surface area contributed by atoms with Crippen LogP contribution in [0.2, 0.25) is 5.02 Å². The van der Waals surface area contributed by atoms with Gasteiger partial charge in [0.05, 0.1) is 0 Å². The molecule has 2 amide bonds. The third-order valence-corrected chi connectivity index (χ3v) is 4.09. The lowest BCUT2D eigenvalue weighted by molar-refractivity contribution is -0.136. The molecule has 0 radical (unpaired) electrons. The minimum absolute atomic E-state index is 0.499. The van der Waals surface area contributed by atoms with Crippen LogP contribution in [0.1, 0.15) is 6.42 Å². The zero-order valence-corrected chi connectivity index (χ0v) is 14.1. The van der Waals surface area contributed by atoms with Crippen molar-refractivity contribution in [1.29, 1.82) is 0 Å². The Labute approximate surface area is 141 Å². The van der Waals surface area contributed by atoms with Gasteiger partial charge in [-0.3, -0.25) is 9.59 Å². The summed E-state index contributed by atoms with van der Waals surface area (Å²) in [5.41, 5.74) is 0.548. The second kappa shape index (κ2) is 8.86. The van der Waals surface area contributed by atoms with E-state index in [9.17, 15) is 9.59 Å². The molecule has 0 unspecified atom stereocenters. The summed E-state index contributed by atoms with van der Waals surface area (Å²) in [7, 11) is 2.12. The molecule has 1 aliphatic heterocycles. The lowest BCUT2D eigenvalue weighted by Crippen LogP contribution is -2.45. The number of benzene rings is 1. The molecule has 6 nitrogen and oxygen atoms in total. The minimum Gasteiger partial charge on any atom is -0.348 e. The van der Waals surface area contributed by atoms with Crippen LogP contribution in [0.3, 0.4) is 0 Å². The highest BCUT2D eigenvalue weighted by atomic mass is 35.5. The maximum Gasteiger partial charge on any atom is 0.313 e. The molecule has 1 heterocycles. The van der Waals surface area contributed by atoms with Gasteiger partial charge in [-0.25, -0.2) is 0 Å². The summed E-state index contributed by atoms with van der Waals surface area (Å²) in [6.07, 6.45) is 0.837. The highest BCUT2D eigenvalue weighted by molar-refractivity contribution is 6.39. The fourth-order valence-corrected chi connectivity index (χ4v) is 2.50. The number of hydrogen-bond donors (Lipinski definition) is 2. The Kier molecular flexibility index (Phi) is 6.83. The van der Waals surface area contributed by atoms with Gasteiger partial charge in [-0.05, 0) is 44.3 Å². The topological polar surface area (TPSA) is 64.7 Å². The summed E-state index contributed by atoms with van der Waals surface area (Å²) >= 11 is 5.77. The van der Waals surface area contributed by atoms with E-state index in [2.05, 4.69) is 27.5 Å². The van der Waals surface area contributed by atoms with Crippen molar-refractivity contribution in [1.82, 2.24) is 15.1 Å². The SMILES string of the molecule is CN1CCN(CCCNC(=O)C(=O)Nc2ccc(Cl)cc2)CC1. The Bertz CT molecular complexity index is 527. The smallest absolute Gasteiger partial charge is 0.313 e. The average Bonchev–Trinajstić information content (AvgIpc) is 2.55. The summed E-state index contributed by atoms with van der Waals surface area (Å²) in [6.45, 7) is 5.71. The summed E-state index contributed by atoms with van der Waals surface area (Å²) in [5, 5.41) is 5.77. The van der Waals surface area contributed by atoms with Gasteiger partial charge in [0, 0.05) is 43.4 Å². The number of halogens is 1. The third-order valence-electron chi connectivity index (χ3n) is 3.84. The van der Waals surface area contributed by atoms with E-state index in [0.29, 0.717) is 17.3 Å². The van der Waals surface area contributed by atoms with Crippen molar-refractivity contribution >= 4 is 29.1 Å². The second-order valence-corrected chi connectivity index (χ2v) is 6.15. The number of anilines is 1. The molecule has 0 atom stereocenters. The predicted octanol–water partition coefficient (Wildman–Crippen LogP) is 1.03. The average molecular weight is 339 g/mol. The number of amides is 2. The van der Waals surface area contributed by atoms with E-state index in [1.165, 1.54) is 0 Å². The van der Waals surface area contributed by atoms with E-state index < -0.39 is 11.8 Å². The number of piperazine rings is 1. The van der Waals surface area contributed by atoms with Gasteiger partial charge in [0.2, 0.25) is 0 Å².